The summed E-state index contributed by atoms with van der Waals surface area (Å²) in [6.07, 6.45) is 0.0645. The monoisotopic (exact) mass is 419 g/mol. The molecule has 0 aliphatic rings. The van der Waals surface area contributed by atoms with Crippen molar-refractivity contribution >= 4 is 17.6 Å². The van der Waals surface area contributed by atoms with Crippen LogP contribution in [0, 0.1) is 6.92 Å². The van der Waals surface area contributed by atoms with E-state index in [1.54, 1.807) is 24.3 Å². The Morgan fingerprint density at radius 2 is 1.55 bits per heavy atom. The van der Waals surface area contributed by atoms with E-state index in [9.17, 15) is 9.59 Å². The van der Waals surface area contributed by atoms with Gasteiger partial charge in [0.1, 0.15) is 18.1 Å². The molecular weight excluding hydrogens is 394 g/mol. The zero-order chi connectivity index (χ0) is 21.9. The second-order valence-corrected chi connectivity index (χ2v) is 6.87. The average Bonchev–Trinajstić information content (AvgIpc) is 2.79. The first-order valence-electron chi connectivity index (χ1n) is 10.0. The van der Waals surface area contributed by atoms with E-state index in [1.807, 2.05) is 61.5 Å². The highest BCUT2D eigenvalue weighted by Crippen LogP contribution is 2.18. The molecule has 1 N–H and O–H groups in total. The van der Waals surface area contributed by atoms with Crippen molar-refractivity contribution in [3.63, 3.8) is 0 Å². The minimum absolute atomic E-state index is 0.0645. The summed E-state index contributed by atoms with van der Waals surface area (Å²) >= 11 is 0. The van der Waals surface area contributed by atoms with Gasteiger partial charge >= 0.3 is 5.97 Å². The summed E-state index contributed by atoms with van der Waals surface area (Å²) in [6.45, 7) is 2.24. The van der Waals surface area contributed by atoms with Gasteiger partial charge in [-0.1, -0.05) is 48.5 Å². The Kier molecular flexibility index (Phi) is 8.05. The Bertz CT molecular complexity index is 986. The standard InChI is InChI=1S/C25H25NO5/c1-19-7-5-6-10-23(19)29-16-15-25(28)31-18-24(27)26-21-11-13-22(14-12-21)30-17-20-8-3-2-4-9-20/h2-14H,15-18H2,1H3,(H,26,27). The van der Waals surface area contributed by atoms with Crippen molar-refractivity contribution in [2.75, 3.05) is 18.5 Å². The second-order valence-electron chi connectivity index (χ2n) is 6.87. The molecule has 0 saturated carbocycles. The molecule has 0 bridgehead atoms. The molecule has 0 heterocycles. The number of hydrogen-bond acceptors (Lipinski definition) is 5. The Morgan fingerprint density at radius 1 is 0.839 bits per heavy atom. The molecule has 6 heteroatoms. The normalized spacial score (nSPS) is 10.2. The third kappa shape index (κ3) is 7.51. The van der Waals surface area contributed by atoms with Crippen molar-refractivity contribution in [3.8, 4) is 11.5 Å². The van der Waals surface area contributed by atoms with E-state index >= 15 is 0 Å². The van der Waals surface area contributed by atoms with Gasteiger partial charge in [-0.3, -0.25) is 9.59 Å². The van der Waals surface area contributed by atoms with Crippen molar-refractivity contribution < 1.29 is 23.8 Å². The third-order valence-corrected chi connectivity index (χ3v) is 4.41. The Morgan fingerprint density at radius 3 is 2.29 bits per heavy atom. The van der Waals surface area contributed by atoms with Gasteiger partial charge < -0.3 is 19.5 Å². The highest BCUT2D eigenvalue weighted by atomic mass is 16.5. The third-order valence-electron chi connectivity index (χ3n) is 4.41. The first-order valence-corrected chi connectivity index (χ1v) is 10.0. The van der Waals surface area contributed by atoms with Crippen LogP contribution in [-0.4, -0.2) is 25.1 Å². The number of ether oxygens (including phenoxy) is 3. The van der Waals surface area contributed by atoms with Gasteiger partial charge in [0.2, 0.25) is 0 Å². The zero-order valence-corrected chi connectivity index (χ0v) is 17.4. The van der Waals surface area contributed by atoms with Crippen LogP contribution >= 0.6 is 0 Å². The second kappa shape index (κ2) is 11.4. The predicted octanol–water partition coefficient (Wildman–Crippen LogP) is 4.52. The lowest BCUT2D eigenvalue weighted by atomic mass is 10.2. The summed E-state index contributed by atoms with van der Waals surface area (Å²) < 4.78 is 16.3. The van der Waals surface area contributed by atoms with Gasteiger partial charge in [-0.2, -0.15) is 0 Å². The summed E-state index contributed by atoms with van der Waals surface area (Å²) in [7, 11) is 0. The highest BCUT2D eigenvalue weighted by Gasteiger charge is 2.09. The fourth-order valence-electron chi connectivity index (χ4n) is 2.75. The van der Waals surface area contributed by atoms with Crippen molar-refractivity contribution in [2.24, 2.45) is 0 Å². The maximum atomic E-state index is 12.0. The molecule has 0 aliphatic carbocycles. The van der Waals surface area contributed by atoms with E-state index < -0.39 is 11.9 Å². The molecule has 3 aromatic carbocycles. The first kappa shape index (κ1) is 21.9. The summed E-state index contributed by atoms with van der Waals surface area (Å²) in [5, 5.41) is 2.68. The number of carbonyl (C=O) groups is 2. The van der Waals surface area contributed by atoms with Crippen molar-refractivity contribution in [3.05, 3.63) is 90.0 Å². The average molecular weight is 419 g/mol. The summed E-state index contributed by atoms with van der Waals surface area (Å²) in [5.41, 5.74) is 2.66. The lowest BCUT2D eigenvalue weighted by Gasteiger charge is -2.10. The molecule has 0 atom stereocenters. The minimum Gasteiger partial charge on any atom is -0.493 e. The van der Waals surface area contributed by atoms with Gasteiger partial charge in [0, 0.05) is 5.69 Å². The van der Waals surface area contributed by atoms with Crippen LogP contribution in [-0.2, 0) is 20.9 Å². The van der Waals surface area contributed by atoms with Crippen molar-refractivity contribution in [2.45, 2.75) is 20.0 Å². The number of para-hydroxylation sites is 1. The number of rotatable bonds is 10. The number of amides is 1. The Hall–Kier alpha value is -3.80. The van der Waals surface area contributed by atoms with E-state index in [4.69, 9.17) is 14.2 Å². The fourth-order valence-corrected chi connectivity index (χ4v) is 2.75. The first-order chi connectivity index (χ1) is 15.1. The van der Waals surface area contributed by atoms with Gasteiger partial charge in [-0.05, 0) is 48.4 Å². The van der Waals surface area contributed by atoms with Crippen LogP contribution in [0.25, 0.3) is 0 Å². The molecular formula is C25H25NO5. The van der Waals surface area contributed by atoms with Crippen molar-refractivity contribution in [1.29, 1.82) is 0 Å². The van der Waals surface area contributed by atoms with E-state index in [-0.39, 0.29) is 19.6 Å². The molecule has 0 radical (unpaired) electrons. The zero-order valence-electron chi connectivity index (χ0n) is 17.4. The fraction of sp³-hybridized carbons (Fsp3) is 0.200. The van der Waals surface area contributed by atoms with E-state index in [1.165, 1.54) is 0 Å². The highest BCUT2D eigenvalue weighted by molar-refractivity contribution is 5.92. The lowest BCUT2D eigenvalue weighted by Crippen LogP contribution is -2.21. The molecule has 3 aromatic rings. The molecule has 0 unspecified atom stereocenters. The molecule has 3 rings (SSSR count). The van der Waals surface area contributed by atoms with Gasteiger partial charge in [-0.25, -0.2) is 0 Å². The summed E-state index contributed by atoms with van der Waals surface area (Å²) in [4.78, 5) is 23.8. The molecule has 0 aliphatic heterocycles. The molecule has 0 aromatic heterocycles. The summed E-state index contributed by atoms with van der Waals surface area (Å²) in [5.74, 6) is 0.519. The van der Waals surface area contributed by atoms with Crippen LogP contribution in [0.2, 0.25) is 0 Å². The molecule has 0 fully saturated rings. The van der Waals surface area contributed by atoms with E-state index in [2.05, 4.69) is 5.32 Å². The largest absolute Gasteiger partial charge is 0.493 e. The number of carbonyl (C=O) groups excluding carboxylic acids is 2. The van der Waals surface area contributed by atoms with Crippen LogP contribution in [0.1, 0.15) is 17.5 Å². The lowest BCUT2D eigenvalue weighted by molar-refractivity contribution is -0.147. The Balaban J connectivity index is 1.34. The minimum atomic E-state index is -0.492. The number of esters is 1. The Labute approximate surface area is 181 Å². The number of hydrogen-bond donors (Lipinski definition) is 1. The smallest absolute Gasteiger partial charge is 0.309 e. The maximum Gasteiger partial charge on any atom is 0.309 e. The van der Waals surface area contributed by atoms with Crippen LogP contribution in [0.15, 0.2) is 78.9 Å². The predicted molar refractivity (Wildman–Crippen MR) is 118 cm³/mol. The molecule has 160 valence electrons. The van der Waals surface area contributed by atoms with Crippen molar-refractivity contribution in [1.82, 2.24) is 0 Å². The van der Waals surface area contributed by atoms with Crippen LogP contribution in [0.4, 0.5) is 5.69 Å². The number of aryl methyl sites for hydroxylation is 1. The van der Waals surface area contributed by atoms with Crippen LogP contribution in [0.5, 0.6) is 11.5 Å². The topological polar surface area (TPSA) is 73.9 Å². The van der Waals surface area contributed by atoms with E-state index in [0.29, 0.717) is 18.0 Å². The molecule has 1 amide bonds. The van der Waals surface area contributed by atoms with Crippen LogP contribution < -0.4 is 14.8 Å². The molecule has 31 heavy (non-hydrogen) atoms. The van der Waals surface area contributed by atoms with Crippen LogP contribution in [0.3, 0.4) is 0 Å². The molecule has 0 spiro atoms. The number of anilines is 1. The van der Waals surface area contributed by atoms with Gasteiger partial charge in [-0.15, -0.1) is 0 Å². The summed E-state index contributed by atoms with van der Waals surface area (Å²) in [6, 6.07) is 24.4. The van der Waals surface area contributed by atoms with Gasteiger partial charge in [0.15, 0.2) is 6.61 Å². The van der Waals surface area contributed by atoms with E-state index in [0.717, 1.165) is 16.9 Å². The maximum absolute atomic E-state index is 12.0. The van der Waals surface area contributed by atoms with Gasteiger partial charge in [0.25, 0.3) is 5.91 Å². The number of nitrogens with one attached hydrogen (secondary N) is 1. The number of benzene rings is 3. The quantitative estimate of drug-likeness (QED) is 0.489. The SMILES string of the molecule is Cc1ccccc1OCCC(=O)OCC(=O)Nc1ccc(OCc2ccccc2)cc1. The van der Waals surface area contributed by atoms with Gasteiger partial charge in [0.05, 0.1) is 13.0 Å². The molecule has 0 saturated heterocycles. The molecule has 6 nitrogen and oxygen atoms in total.